The molecular formula is C9H11NO5S. The lowest BCUT2D eigenvalue weighted by Gasteiger charge is -2.12. The number of ether oxygens (including phenoxy) is 3. The summed E-state index contributed by atoms with van der Waals surface area (Å²) in [5, 5.41) is 10.8. The Kier molecular flexibility index (Phi) is 3.83. The largest absolute Gasteiger partial charge is 0.493 e. The third-order valence-corrected chi connectivity index (χ3v) is 2.31. The van der Waals surface area contributed by atoms with E-state index >= 15 is 0 Å². The van der Waals surface area contributed by atoms with Crippen LogP contribution < -0.4 is 14.2 Å². The van der Waals surface area contributed by atoms with Crippen molar-refractivity contribution in [3.63, 3.8) is 0 Å². The molecule has 0 aliphatic heterocycles. The van der Waals surface area contributed by atoms with Gasteiger partial charge < -0.3 is 14.2 Å². The van der Waals surface area contributed by atoms with E-state index in [1.54, 1.807) is 0 Å². The summed E-state index contributed by atoms with van der Waals surface area (Å²) in [5.41, 5.74) is -0.247. The van der Waals surface area contributed by atoms with Gasteiger partial charge in [0.25, 0.3) is 0 Å². The standard InChI is InChI=1S/C9H11NO5S/c1-13-5-4-6(16)7(10(11)12)9(15-3)8(5)14-2/h4,16H,1-3H3. The third-order valence-electron chi connectivity index (χ3n) is 1.97. The Morgan fingerprint density at radius 1 is 1.19 bits per heavy atom. The van der Waals surface area contributed by atoms with Gasteiger partial charge in [-0.15, -0.1) is 12.6 Å². The molecule has 0 unspecified atom stereocenters. The lowest BCUT2D eigenvalue weighted by molar-refractivity contribution is -0.388. The summed E-state index contributed by atoms with van der Waals surface area (Å²) < 4.78 is 15.0. The number of hydrogen-bond acceptors (Lipinski definition) is 6. The van der Waals surface area contributed by atoms with E-state index in [-0.39, 0.29) is 22.1 Å². The van der Waals surface area contributed by atoms with Crippen LogP contribution in [0.1, 0.15) is 0 Å². The van der Waals surface area contributed by atoms with E-state index in [1.165, 1.54) is 27.4 Å². The molecule has 16 heavy (non-hydrogen) atoms. The van der Waals surface area contributed by atoms with Crippen molar-refractivity contribution in [2.45, 2.75) is 4.90 Å². The molecule has 0 aliphatic carbocycles. The second-order valence-electron chi connectivity index (χ2n) is 2.77. The number of nitro groups is 1. The van der Waals surface area contributed by atoms with Gasteiger partial charge in [-0.3, -0.25) is 10.1 Å². The summed E-state index contributed by atoms with van der Waals surface area (Å²) >= 11 is 4.01. The molecule has 6 nitrogen and oxygen atoms in total. The summed E-state index contributed by atoms with van der Waals surface area (Å²) in [6.45, 7) is 0. The summed E-state index contributed by atoms with van der Waals surface area (Å²) in [4.78, 5) is 10.4. The number of nitro benzene ring substituents is 1. The first-order valence-electron chi connectivity index (χ1n) is 4.23. The van der Waals surface area contributed by atoms with Crippen LogP contribution in [0.15, 0.2) is 11.0 Å². The van der Waals surface area contributed by atoms with Crippen LogP contribution in [0.4, 0.5) is 5.69 Å². The topological polar surface area (TPSA) is 70.8 Å². The van der Waals surface area contributed by atoms with Crippen molar-refractivity contribution in [3.8, 4) is 17.2 Å². The lowest BCUT2D eigenvalue weighted by atomic mass is 10.2. The van der Waals surface area contributed by atoms with Crippen molar-refractivity contribution in [1.82, 2.24) is 0 Å². The SMILES string of the molecule is COc1cc(S)c([N+](=O)[O-])c(OC)c1OC. The Labute approximate surface area is 97.7 Å². The molecule has 1 rings (SSSR count). The van der Waals surface area contributed by atoms with Crippen molar-refractivity contribution >= 4 is 18.3 Å². The Balaban J connectivity index is 3.57. The minimum Gasteiger partial charge on any atom is -0.493 e. The maximum Gasteiger partial charge on any atom is 0.328 e. The average molecular weight is 245 g/mol. The molecule has 0 bridgehead atoms. The van der Waals surface area contributed by atoms with Gasteiger partial charge in [0.1, 0.15) is 0 Å². The van der Waals surface area contributed by atoms with Gasteiger partial charge in [-0.1, -0.05) is 0 Å². The first kappa shape index (κ1) is 12.4. The van der Waals surface area contributed by atoms with Crippen LogP contribution in [0.25, 0.3) is 0 Å². The lowest BCUT2D eigenvalue weighted by Crippen LogP contribution is -2.00. The molecule has 0 aliphatic rings. The molecule has 88 valence electrons. The van der Waals surface area contributed by atoms with Crippen LogP contribution in [0.2, 0.25) is 0 Å². The highest BCUT2D eigenvalue weighted by Gasteiger charge is 2.27. The molecule has 0 atom stereocenters. The molecule has 0 spiro atoms. The maximum absolute atomic E-state index is 10.8. The van der Waals surface area contributed by atoms with Crippen LogP contribution in [0.3, 0.4) is 0 Å². The summed E-state index contributed by atoms with van der Waals surface area (Å²) in [6.07, 6.45) is 0. The zero-order chi connectivity index (χ0) is 12.3. The summed E-state index contributed by atoms with van der Waals surface area (Å²) in [5.74, 6) is 0.501. The van der Waals surface area contributed by atoms with Crippen molar-refractivity contribution in [2.24, 2.45) is 0 Å². The second kappa shape index (κ2) is 4.93. The average Bonchev–Trinajstić information content (AvgIpc) is 2.26. The van der Waals surface area contributed by atoms with Crippen molar-refractivity contribution in [3.05, 3.63) is 16.2 Å². The molecular weight excluding hydrogens is 234 g/mol. The molecule has 0 radical (unpaired) electrons. The smallest absolute Gasteiger partial charge is 0.328 e. The van der Waals surface area contributed by atoms with Crippen molar-refractivity contribution in [1.29, 1.82) is 0 Å². The third kappa shape index (κ3) is 1.99. The predicted molar refractivity (Wildman–Crippen MR) is 60.0 cm³/mol. The zero-order valence-electron chi connectivity index (χ0n) is 9.01. The number of benzene rings is 1. The van der Waals surface area contributed by atoms with Crippen LogP contribution in [-0.2, 0) is 0 Å². The fourth-order valence-corrected chi connectivity index (χ4v) is 1.61. The van der Waals surface area contributed by atoms with Crippen LogP contribution in [0, 0.1) is 10.1 Å². The van der Waals surface area contributed by atoms with Gasteiger partial charge in [0.15, 0.2) is 5.75 Å². The van der Waals surface area contributed by atoms with E-state index < -0.39 is 4.92 Å². The molecule has 1 aromatic carbocycles. The summed E-state index contributed by atoms with van der Waals surface area (Å²) in [7, 11) is 4.12. The molecule has 0 amide bonds. The van der Waals surface area contributed by atoms with E-state index in [1.807, 2.05) is 0 Å². The van der Waals surface area contributed by atoms with Crippen LogP contribution in [0.5, 0.6) is 17.2 Å². The Morgan fingerprint density at radius 2 is 1.75 bits per heavy atom. The highest BCUT2D eigenvalue weighted by atomic mass is 32.1. The van der Waals surface area contributed by atoms with E-state index in [4.69, 9.17) is 14.2 Å². The summed E-state index contributed by atoms with van der Waals surface area (Å²) in [6, 6.07) is 1.41. The fourth-order valence-electron chi connectivity index (χ4n) is 1.30. The fraction of sp³-hybridized carbons (Fsp3) is 0.333. The minimum absolute atomic E-state index is 0.00292. The molecule has 7 heteroatoms. The number of hydrogen-bond donors (Lipinski definition) is 1. The van der Waals surface area contributed by atoms with Crippen molar-refractivity contribution in [2.75, 3.05) is 21.3 Å². The highest BCUT2D eigenvalue weighted by Crippen LogP contribution is 2.47. The Bertz CT molecular complexity index is 421. The molecule has 0 N–H and O–H groups in total. The molecule has 1 aromatic rings. The van der Waals surface area contributed by atoms with Crippen LogP contribution >= 0.6 is 12.6 Å². The normalized spacial score (nSPS) is 9.75. The quantitative estimate of drug-likeness (QED) is 0.498. The van der Waals surface area contributed by atoms with Crippen molar-refractivity contribution < 1.29 is 19.1 Å². The molecule has 0 fully saturated rings. The molecule has 0 heterocycles. The first-order valence-corrected chi connectivity index (χ1v) is 4.67. The van der Waals surface area contributed by atoms with Gasteiger partial charge in [-0.05, 0) is 0 Å². The van der Waals surface area contributed by atoms with E-state index in [9.17, 15) is 10.1 Å². The van der Waals surface area contributed by atoms with Crippen LogP contribution in [-0.4, -0.2) is 26.3 Å². The van der Waals surface area contributed by atoms with E-state index in [0.717, 1.165) is 0 Å². The molecule has 0 saturated heterocycles. The second-order valence-corrected chi connectivity index (χ2v) is 3.25. The Morgan fingerprint density at radius 3 is 2.12 bits per heavy atom. The monoisotopic (exact) mass is 245 g/mol. The zero-order valence-corrected chi connectivity index (χ0v) is 9.91. The van der Waals surface area contributed by atoms with Gasteiger partial charge >= 0.3 is 5.69 Å². The van der Waals surface area contributed by atoms with Gasteiger partial charge in [0, 0.05) is 6.07 Å². The van der Waals surface area contributed by atoms with Gasteiger partial charge in [0.2, 0.25) is 11.5 Å². The Hall–Kier alpha value is -1.63. The van der Waals surface area contributed by atoms with E-state index in [2.05, 4.69) is 12.6 Å². The molecule has 0 aromatic heterocycles. The highest BCUT2D eigenvalue weighted by molar-refractivity contribution is 7.80. The minimum atomic E-state index is -0.580. The number of rotatable bonds is 4. The van der Waals surface area contributed by atoms with Gasteiger partial charge in [0.05, 0.1) is 31.1 Å². The van der Waals surface area contributed by atoms with Gasteiger partial charge in [-0.25, -0.2) is 0 Å². The van der Waals surface area contributed by atoms with E-state index in [0.29, 0.717) is 5.75 Å². The molecule has 0 saturated carbocycles. The number of thiol groups is 1. The number of methoxy groups -OCH3 is 3. The first-order chi connectivity index (χ1) is 7.56. The number of nitrogens with zero attached hydrogens (tertiary/aromatic N) is 1. The van der Waals surface area contributed by atoms with Gasteiger partial charge in [-0.2, -0.15) is 0 Å². The predicted octanol–water partition coefficient (Wildman–Crippen LogP) is 1.91. The maximum atomic E-state index is 10.8.